The number of benzene rings is 3. The van der Waals surface area contributed by atoms with Crippen LogP contribution in [0.5, 0.6) is 11.5 Å². The molecule has 0 spiro atoms. The van der Waals surface area contributed by atoms with Crippen LogP contribution in [0.15, 0.2) is 48.5 Å². The lowest BCUT2D eigenvalue weighted by atomic mass is 10.0. The first kappa shape index (κ1) is 25.0. The second-order valence-corrected chi connectivity index (χ2v) is 7.57. The summed E-state index contributed by atoms with van der Waals surface area (Å²) in [6, 6.07) is 15.6. The summed E-state index contributed by atoms with van der Waals surface area (Å²) in [5.74, 6) is 1.40. The number of carbonyl (C=O) groups excluding carboxylic acids is 2. The molecule has 0 atom stereocenters. The van der Waals surface area contributed by atoms with Gasteiger partial charge in [0.1, 0.15) is 37.9 Å². The summed E-state index contributed by atoms with van der Waals surface area (Å²) < 4.78 is 22.6. The smallest absolute Gasteiger partial charge is 0.407 e. The van der Waals surface area contributed by atoms with Crippen molar-refractivity contribution in [3.05, 3.63) is 48.5 Å². The topological polar surface area (TPSA) is 95.1 Å². The van der Waals surface area contributed by atoms with Crippen LogP contribution in [0.4, 0.5) is 9.59 Å². The maximum Gasteiger partial charge on any atom is 0.407 e. The number of fused-ring (bicyclic) bond motifs is 2. The van der Waals surface area contributed by atoms with Gasteiger partial charge in [-0.05, 0) is 12.8 Å². The number of hydrogen-bond acceptors (Lipinski definition) is 6. The predicted molar refractivity (Wildman–Crippen MR) is 132 cm³/mol. The van der Waals surface area contributed by atoms with Gasteiger partial charge in [0.2, 0.25) is 0 Å². The lowest BCUT2D eigenvalue weighted by Crippen LogP contribution is -2.26. The highest BCUT2D eigenvalue weighted by molar-refractivity contribution is 6.11. The zero-order valence-corrected chi connectivity index (χ0v) is 19.7. The molecule has 0 bridgehead atoms. The van der Waals surface area contributed by atoms with Crippen molar-refractivity contribution in [1.29, 1.82) is 0 Å². The molecule has 8 heteroatoms. The molecule has 3 rings (SSSR count). The Bertz CT molecular complexity index is 958. The number of amides is 2. The Balaban J connectivity index is 1.75. The van der Waals surface area contributed by atoms with Crippen molar-refractivity contribution in [3.8, 4) is 11.5 Å². The second-order valence-electron chi connectivity index (χ2n) is 7.57. The maximum absolute atomic E-state index is 11.7. The molecule has 0 aromatic heterocycles. The van der Waals surface area contributed by atoms with Crippen LogP contribution in [-0.4, -0.2) is 51.7 Å². The van der Waals surface area contributed by atoms with Crippen LogP contribution in [-0.2, 0) is 9.47 Å². The largest absolute Gasteiger partial charge is 0.489 e. The van der Waals surface area contributed by atoms with Gasteiger partial charge in [-0.25, -0.2) is 9.59 Å². The Hall–Kier alpha value is -3.68. The van der Waals surface area contributed by atoms with E-state index in [1.807, 2.05) is 62.4 Å². The van der Waals surface area contributed by atoms with Crippen LogP contribution in [0.3, 0.4) is 0 Å². The van der Waals surface area contributed by atoms with Gasteiger partial charge in [0.25, 0.3) is 0 Å². The van der Waals surface area contributed by atoms with E-state index < -0.39 is 12.2 Å². The van der Waals surface area contributed by atoms with Crippen LogP contribution in [0.25, 0.3) is 21.5 Å². The van der Waals surface area contributed by atoms with Crippen molar-refractivity contribution in [2.45, 2.75) is 26.7 Å². The average Bonchev–Trinajstić information content (AvgIpc) is 2.87. The zero-order valence-electron chi connectivity index (χ0n) is 19.7. The lowest BCUT2D eigenvalue weighted by molar-refractivity contribution is 0.125. The number of nitrogens with one attached hydrogen (secondary N) is 2. The number of rotatable bonds is 12. The molecule has 3 aromatic carbocycles. The average molecular weight is 469 g/mol. The molecule has 2 amide bonds. The molecule has 0 saturated heterocycles. The minimum absolute atomic E-state index is 0.133. The fourth-order valence-corrected chi connectivity index (χ4v) is 3.47. The first-order valence-corrected chi connectivity index (χ1v) is 11.7. The highest BCUT2D eigenvalue weighted by atomic mass is 16.6. The molecule has 8 nitrogen and oxygen atoms in total. The molecule has 0 aliphatic carbocycles. The molecule has 0 unspecified atom stereocenters. The SMILES string of the molecule is CCCNC(=O)OCCOc1c2ccccc2c(OCCOC(=O)NCCC)c2ccccc12. The van der Waals surface area contributed by atoms with E-state index in [9.17, 15) is 9.59 Å². The quantitative estimate of drug-likeness (QED) is 0.286. The molecule has 34 heavy (non-hydrogen) atoms. The zero-order chi connectivity index (χ0) is 24.2. The van der Waals surface area contributed by atoms with E-state index in [0.29, 0.717) is 24.6 Å². The van der Waals surface area contributed by atoms with Gasteiger partial charge in [-0.15, -0.1) is 0 Å². The molecule has 0 saturated carbocycles. The fraction of sp³-hybridized carbons (Fsp3) is 0.385. The summed E-state index contributed by atoms with van der Waals surface area (Å²) in [5.41, 5.74) is 0. The first-order valence-electron chi connectivity index (χ1n) is 11.7. The van der Waals surface area contributed by atoms with Crippen LogP contribution in [0.2, 0.25) is 0 Å². The molecule has 0 radical (unpaired) electrons. The van der Waals surface area contributed by atoms with Crippen molar-refractivity contribution < 1.29 is 28.5 Å². The van der Waals surface area contributed by atoms with Gasteiger partial charge in [0.05, 0.1) is 0 Å². The number of ether oxygens (including phenoxy) is 4. The molecule has 3 aromatic rings. The van der Waals surface area contributed by atoms with Crippen LogP contribution in [0.1, 0.15) is 26.7 Å². The number of carbonyl (C=O) groups is 2. The van der Waals surface area contributed by atoms with E-state index >= 15 is 0 Å². The van der Waals surface area contributed by atoms with Gasteiger partial charge in [-0.3, -0.25) is 0 Å². The summed E-state index contributed by atoms with van der Waals surface area (Å²) in [6.07, 6.45) is 0.788. The van der Waals surface area contributed by atoms with E-state index in [1.54, 1.807) is 0 Å². The van der Waals surface area contributed by atoms with Crippen molar-refractivity contribution >= 4 is 33.7 Å². The summed E-state index contributed by atoms with van der Waals surface area (Å²) in [7, 11) is 0. The van der Waals surface area contributed by atoms with Gasteiger partial charge in [0.15, 0.2) is 0 Å². The molecule has 0 aliphatic rings. The minimum atomic E-state index is -0.450. The van der Waals surface area contributed by atoms with Gasteiger partial charge >= 0.3 is 12.2 Å². The summed E-state index contributed by atoms with van der Waals surface area (Å²) >= 11 is 0. The Labute approximate surface area is 199 Å². The van der Waals surface area contributed by atoms with E-state index in [0.717, 1.165) is 34.4 Å². The number of hydrogen-bond donors (Lipinski definition) is 2. The van der Waals surface area contributed by atoms with E-state index in [2.05, 4.69) is 10.6 Å². The summed E-state index contributed by atoms with van der Waals surface area (Å²) in [4.78, 5) is 23.3. The first-order chi connectivity index (χ1) is 16.7. The standard InChI is InChI=1S/C26H32N2O6/c1-3-13-27-25(29)33-17-15-31-23-19-9-5-7-11-21(19)24(22-12-8-6-10-20(22)23)32-16-18-34-26(30)28-14-4-2/h5-12H,3-4,13-18H2,1-2H3,(H,27,29)(H,28,30). The third-order valence-electron chi connectivity index (χ3n) is 5.00. The number of alkyl carbamates (subject to hydrolysis) is 2. The van der Waals surface area contributed by atoms with Gasteiger partial charge < -0.3 is 29.6 Å². The molecule has 0 aliphatic heterocycles. The third-order valence-corrected chi connectivity index (χ3v) is 5.00. The van der Waals surface area contributed by atoms with Crippen LogP contribution in [0, 0.1) is 0 Å². The van der Waals surface area contributed by atoms with Crippen molar-refractivity contribution in [2.24, 2.45) is 0 Å². The van der Waals surface area contributed by atoms with E-state index in [1.165, 1.54) is 0 Å². The van der Waals surface area contributed by atoms with E-state index in [4.69, 9.17) is 18.9 Å². The van der Waals surface area contributed by atoms with Crippen molar-refractivity contribution in [1.82, 2.24) is 10.6 Å². The van der Waals surface area contributed by atoms with Crippen molar-refractivity contribution in [3.63, 3.8) is 0 Å². The Morgan fingerprint density at radius 3 is 1.29 bits per heavy atom. The monoisotopic (exact) mass is 468 g/mol. The lowest BCUT2D eigenvalue weighted by Gasteiger charge is -2.18. The van der Waals surface area contributed by atoms with Crippen LogP contribution < -0.4 is 20.1 Å². The normalized spacial score (nSPS) is 10.6. The van der Waals surface area contributed by atoms with Gasteiger partial charge in [0, 0.05) is 34.6 Å². The van der Waals surface area contributed by atoms with Crippen molar-refractivity contribution in [2.75, 3.05) is 39.5 Å². The Morgan fingerprint density at radius 1 is 0.618 bits per heavy atom. The molecular weight excluding hydrogens is 436 g/mol. The molecule has 182 valence electrons. The minimum Gasteiger partial charge on any atom is -0.489 e. The van der Waals surface area contributed by atoms with Crippen LogP contribution >= 0.6 is 0 Å². The third kappa shape index (κ3) is 6.66. The summed E-state index contributed by atoms with van der Waals surface area (Å²) in [5, 5.41) is 8.87. The second kappa shape index (κ2) is 13.1. The Morgan fingerprint density at radius 2 is 0.971 bits per heavy atom. The highest BCUT2D eigenvalue weighted by Gasteiger charge is 2.16. The van der Waals surface area contributed by atoms with E-state index in [-0.39, 0.29) is 26.4 Å². The van der Waals surface area contributed by atoms with Gasteiger partial charge in [-0.2, -0.15) is 0 Å². The molecular formula is C26H32N2O6. The highest BCUT2D eigenvalue weighted by Crippen LogP contribution is 2.42. The summed E-state index contributed by atoms with van der Waals surface area (Å²) in [6.45, 7) is 5.80. The fourth-order valence-electron chi connectivity index (χ4n) is 3.47. The predicted octanol–water partition coefficient (Wildman–Crippen LogP) is 5.02. The maximum atomic E-state index is 11.7. The molecule has 2 N–H and O–H groups in total. The molecule has 0 fully saturated rings. The van der Waals surface area contributed by atoms with Gasteiger partial charge in [-0.1, -0.05) is 62.4 Å². The Kier molecular flexibility index (Phi) is 9.64. The molecule has 0 heterocycles.